The van der Waals surface area contributed by atoms with Crippen molar-refractivity contribution in [2.45, 2.75) is 19.4 Å². The van der Waals surface area contributed by atoms with Crippen LogP contribution in [0.1, 0.15) is 22.7 Å². The van der Waals surface area contributed by atoms with Crippen LogP contribution in [0.3, 0.4) is 0 Å². The molecule has 2 aromatic rings. The first kappa shape index (κ1) is 12.0. The molecular weight excluding hydrogens is 241 g/mol. The zero-order chi connectivity index (χ0) is 13.4. The van der Waals surface area contributed by atoms with Gasteiger partial charge in [0.1, 0.15) is 11.6 Å². The summed E-state index contributed by atoms with van der Waals surface area (Å²) in [6, 6.07) is 11.4. The van der Waals surface area contributed by atoms with Crippen molar-refractivity contribution in [2.24, 2.45) is 0 Å². The molecule has 2 aromatic carbocycles. The molecule has 1 N–H and O–H groups in total. The summed E-state index contributed by atoms with van der Waals surface area (Å²) in [5.74, 6) is 0.675. The van der Waals surface area contributed by atoms with Crippen molar-refractivity contribution in [1.29, 1.82) is 0 Å². The van der Waals surface area contributed by atoms with E-state index in [0.29, 0.717) is 5.69 Å². The Morgan fingerprint density at radius 3 is 2.79 bits per heavy atom. The van der Waals surface area contributed by atoms with E-state index < -0.39 is 0 Å². The van der Waals surface area contributed by atoms with E-state index in [0.717, 1.165) is 23.3 Å². The normalized spacial score (nSPS) is 16.9. The smallest absolute Gasteiger partial charge is 0.146 e. The quantitative estimate of drug-likeness (QED) is 0.882. The minimum atomic E-state index is -0.175. The molecule has 0 amide bonds. The first-order chi connectivity index (χ1) is 9.19. The highest BCUT2D eigenvalue weighted by atomic mass is 19.1. The Labute approximate surface area is 112 Å². The lowest BCUT2D eigenvalue weighted by molar-refractivity contribution is 0.414. The highest BCUT2D eigenvalue weighted by Crippen LogP contribution is 2.37. The largest absolute Gasteiger partial charge is 0.497 e. The van der Waals surface area contributed by atoms with Crippen molar-refractivity contribution >= 4 is 5.69 Å². The third-order valence-corrected chi connectivity index (χ3v) is 3.69. The summed E-state index contributed by atoms with van der Waals surface area (Å²) in [6.45, 7) is 2.05. The Hall–Kier alpha value is -2.03. The molecule has 1 aliphatic rings. The molecule has 0 aromatic heterocycles. The van der Waals surface area contributed by atoms with E-state index >= 15 is 0 Å². The molecule has 3 rings (SSSR count). The van der Waals surface area contributed by atoms with Crippen molar-refractivity contribution in [3.63, 3.8) is 0 Å². The van der Waals surface area contributed by atoms with Crippen LogP contribution >= 0.6 is 0 Å². The van der Waals surface area contributed by atoms with Crippen molar-refractivity contribution in [1.82, 2.24) is 0 Å². The minimum Gasteiger partial charge on any atom is -0.497 e. The zero-order valence-electron chi connectivity index (χ0n) is 11.0. The Bertz CT molecular complexity index is 624. The molecule has 0 aliphatic carbocycles. The molecular formula is C16H16FNO. The number of aryl methyl sites for hydroxylation is 1. The van der Waals surface area contributed by atoms with E-state index in [1.165, 1.54) is 11.6 Å². The third-order valence-electron chi connectivity index (χ3n) is 3.69. The van der Waals surface area contributed by atoms with Gasteiger partial charge in [0, 0.05) is 0 Å². The van der Waals surface area contributed by atoms with Crippen LogP contribution in [-0.2, 0) is 6.42 Å². The predicted octanol–water partition coefficient (Wildman–Crippen LogP) is 3.85. The van der Waals surface area contributed by atoms with Gasteiger partial charge in [-0.2, -0.15) is 0 Å². The molecule has 0 saturated heterocycles. The molecule has 1 aliphatic heterocycles. The van der Waals surface area contributed by atoms with Gasteiger partial charge in [-0.1, -0.05) is 18.2 Å². The SMILES string of the molecule is COc1ccc(C2Cc3cccc(F)c3N2)c(C)c1. The second kappa shape index (κ2) is 4.57. The molecule has 1 heterocycles. The Morgan fingerprint density at radius 1 is 1.26 bits per heavy atom. The number of halogens is 1. The van der Waals surface area contributed by atoms with Gasteiger partial charge >= 0.3 is 0 Å². The number of ether oxygens (including phenoxy) is 1. The number of benzene rings is 2. The van der Waals surface area contributed by atoms with Crippen LogP contribution < -0.4 is 10.1 Å². The Morgan fingerprint density at radius 2 is 2.11 bits per heavy atom. The molecule has 0 radical (unpaired) electrons. The third kappa shape index (κ3) is 2.05. The maximum atomic E-state index is 13.7. The monoisotopic (exact) mass is 257 g/mol. The van der Waals surface area contributed by atoms with E-state index in [1.807, 2.05) is 18.2 Å². The molecule has 19 heavy (non-hydrogen) atoms. The lowest BCUT2D eigenvalue weighted by Crippen LogP contribution is -2.08. The van der Waals surface area contributed by atoms with E-state index in [2.05, 4.69) is 18.3 Å². The second-order valence-electron chi connectivity index (χ2n) is 4.90. The summed E-state index contributed by atoms with van der Waals surface area (Å²) in [4.78, 5) is 0. The van der Waals surface area contributed by atoms with Crippen molar-refractivity contribution < 1.29 is 9.13 Å². The average molecular weight is 257 g/mol. The van der Waals surface area contributed by atoms with E-state index in [-0.39, 0.29) is 11.9 Å². The molecule has 3 heteroatoms. The minimum absolute atomic E-state index is 0.137. The van der Waals surface area contributed by atoms with Crippen molar-refractivity contribution in [3.8, 4) is 5.75 Å². The van der Waals surface area contributed by atoms with Gasteiger partial charge in [-0.25, -0.2) is 4.39 Å². The maximum absolute atomic E-state index is 13.7. The number of hydrogen-bond donors (Lipinski definition) is 1. The van der Waals surface area contributed by atoms with Crippen LogP contribution in [0.2, 0.25) is 0 Å². The predicted molar refractivity (Wildman–Crippen MR) is 74.2 cm³/mol. The van der Waals surface area contributed by atoms with Gasteiger partial charge in [0.15, 0.2) is 0 Å². The van der Waals surface area contributed by atoms with E-state index in [4.69, 9.17) is 4.74 Å². The molecule has 0 fully saturated rings. The summed E-state index contributed by atoms with van der Waals surface area (Å²) >= 11 is 0. The van der Waals surface area contributed by atoms with E-state index in [1.54, 1.807) is 13.2 Å². The van der Waals surface area contributed by atoms with Crippen LogP contribution in [0.15, 0.2) is 36.4 Å². The van der Waals surface area contributed by atoms with Gasteiger partial charge in [0.05, 0.1) is 18.8 Å². The molecule has 0 bridgehead atoms. The molecule has 98 valence electrons. The topological polar surface area (TPSA) is 21.3 Å². The highest BCUT2D eigenvalue weighted by Gasteiger charge is 2.25. The molecule has 0 spiro atoms. The van der Waals surface area contributed by atoms with Crippen LogP contribution in [0.25, 0.3) is 0 Å². The number of nitrogens with one attached hydrogen (secondary N) is 1. The number of para-hydroxylation sites is 1. The summed E-state index contributed by atoms with van der Waals surface area (Å²) < 4.78 is 18.9. The van der Waals surface area contributed by atoms with Gasteiger partial charge in [-0.05, 0) is 48.2 Å². The van der Waals surface area contributed by atoms with Crippen molar-refractivity contribution in [2.75, 3.05) is 12.4 Å². The van der Waals surface area contributed by atoms with Gasteiger partial charge in [0.25, 0.3) is 0 Å². The number of hydrogen-bond acceptors (Lipinski definition) is 2. The highest BCUT2D eigenvalue weighted by molar-refractivity contribution is 5.59. The van der Waals surface area contributed by atoms with Gasteiger partial charge < -0.3 is 10.1 Å². The van der Waals surface area contributed by atoms with Gasteiger partial charge in [0.2, 0.25) is 0 Å². The summed E-state index contributed by atoms with van der Waals surface area (Å²) in [6.07, 6.45) is 0.820. The van der Waals surface area contributed by atoms with Gasteiger partial charge in [-0.15, -0.1) is 0 Å². The molecule has 1 unspecified atom stereocenters. The molecule has 0 saturated carbocycles. The van der Waals surface area contributed by atoms with Gasteiger partial charge in [-0.3, -0.25) is 0 Å². The molecule has 1 atom stereocenters. The number of anilines is 1. The Kier molecular flexibility index (Phi) is 2.90. The first-order valence-corrected chi connectivity index (χ1v) is 6.37. The lowest BCUT2D eigenvalue weighted by atomic mass is 9.98. The maximum Gasteiger partial charge on any atom is 0.146 e. The zero-order valence-corrected chi connectivity index (χ0v) is 11.0. The standard InChI is InChI=1S/C16H16FNO/c1-10-8-12(19-2)6-7-13(10)15-9-11-4-3-5-14(17)16(11)18-15/h3-8,15,18H,9H2,1-2H3. The molecule has 2 nitrogen and oxygen atoms in total. The van der Waals surface area contributed by atoms with E-state index in [9.17, 15) is 4.39 Å². The average Bonchev–Trinajstić information content (AvgIpc) is 2.83. The number of rotatable bonds is 2. The summed E-state index contributed by atoms with van der Waals surface area (Å²) in [5.41, 5.74) is 4.03. The Balaban J connectivity index is 1.93. The second-order valence-corrected chi connectivity index (χ2v) is 4.90. The lowest BCUT2D eigenvalue weighted by Gasteiger charge is -2.15. The summed E-state index contributed by atoms with van der Waals surface area (Å²) in [5, 5.41) is 3.28. The fraction of sp³-hybridized carbons (Fsp3) is 0.250. The number of methoxy groups -OCH3 is 1. The van der Waals surface area contributed by atoms with Crippen molar-refractivity contribution in [3.05, 3.63) is 58.9 Å². The fourth-order valence-corrected chi connectivity index (χ4v) is 2.70. The fourth-order valence-electron chi connectivity index (χ4n) is 2.70. The van der Waals surface area contributed by atoms with Crippen LogP contribution in [0, 0.1) is 12.7 Å². The summed E-state index contributed by atoms with van der Waals surface area (Å²) in [7, 11) is 1.66. The van der Waals surface area contributed by atoms with Crippen LogP contribution in [0.4, 0.5) is 10.1 Å². The number of fused-ring (bicyclic) bond motifs is 1. The van der Waals surface area contributed by atoms with Crippen LogP contribution in [0.5, 0.6) is 5.75 Å². The first-order valence-electron chi connectivity index (χ1n) is 6.37. The van der Waals surface area contributed by atoms with Crippen LogP contribution in [-0.4, -0.2) is 7.11 Å².